The molecule has 1 N–H and O–H groups in total. The van der Waals surface area contributed by atoms with Crippen molar-refractivity contribution in [1.29, 1.82) is 0 Å². The fraction of sp³-hybridized carbons (Fsp3) is 0.111. The van der Waals surface area contributed by atoms with Crippen molar-refractivity contribution < 1.29 is 24.2 Å². The van der Waals surface area contributed by atoms with E-state index in [2.05, 4.69) is 0 Å². The van der Waals surface area contributed by atoms with Crippen LogP contribution >= 0.6 is 0 Å². The third-order valence-electron chi connectivity index (χ3n) is 2.99. The molecule has 0 spiro atoms. The Balaban J connectivity index is 1.94. The molecule has 2 aromatic carbocycles. The zero-order chi connectivity index (χ0) is 16.7. The summed E-state index contributed by atoms with van der Waals surface area (Å²) < 4.78 is 9.94. The van der Waals surface area contributed by atoms with Gasteiger partial charge in [-0.3, -0.25) is 4.79 Å². The molecule has 0 amide bonds. The van der Waals surface area contributed by atoms with Gasteiger partial charge < -0.3 is 14.6 Å². The van der Waals surface area contributed by atoms with Gasteiger partial charge in [0.1, 0.15) is 5.75 Å². The molecule has 0 fully saturated rings. The molecule has 2 aromatic rings. The fourth-order valence-corrected chi connectivity index (χ4v) is 1.78. The first-order chi connectivity index (χ1) is 11.0. The number of ether oxygens (including phenoxy) is 2. The van der Waals surface area contributed by atoms with Crippen LogP contribution in [-0.2, 0) is 9.53 Å². The number of hydrogen-bond acceptors (Lipinski definition) is 4. The first-order valence-electron chi connectivity index (χ1n) is 6.92. The molecule has 0 heterocycles. The molecule has 118 valence electrons. The van der Waals surface area contributed by atoms with E-state index in [-0.39, 0.29) is 12.4 Å². The predicted octanol–water partition coefficient (Wildman–Crippen LogP) is 3.45. The highest BCUT2D eigenvalue weighted by Crippen LogP contribution is 2.15. The number of aromatic carboxylic acids is 1. The maximum Gasteiger partial charge on any atom is 0.335 e. The second-order valence-electron chi connectivity index (χ2n) is 4.73. The zero-order valence-corrected chi connectivity index (χ0v) is 12.6. The van der Waals surface area contributed by atoms with Gasteiger partial charge >= 0.3 is 11.9 Å². The van der Waals surface area contributed by atoms with Gasteiger partial charge in [-0.25, -0.2) is 4.79 Å². The van der Waals surface area contributed by atoms with Gasteiger partial charge in [0.25, 0.3) is 0 Å². The quantitative estimate of drug-likeness (QED) is 0.502. The molecular formula is C18H16O5. The lowest BCUT2D eigenvalue weighted by Gasteiger charge is -2.05. The van der Waals surface area contributed by atoms with E-state index >= 15 is 0 Å². The lowest BCUT2D eigenvalue weighted by molar-refractivity contribution is -0.147. The van der Waals surface area contributed by atoms with Crippen molar-refractivity contribution in [3.05, 3.63) is 65.2 Å². The highest BCUT2D eigenvalue weighted by Gasteiger charge is 2.00. The molecule has 0 saturated heterocycles. The predicted molar refractivity (Wildman–Crippen MR) is 86.0 cm³/mol. The molecule has 0 saturated carbocycles. The molecule has 0 aromatic heterocycles. The summed E-state index contributed by atoms with van der Waals surface area (Å²) in [6.45, 7) is 1.21. The largest absolute Gasteiger partial charge is 0.478 e. The van der Waals surface area contributed by atoms with Crippen LogP contribution in [0.4, 0.5) is 0 Å². The minimum Gasteiger partial charge on any atom is -0.478 e. The molecular weight excluding hydrogens is 296 g/mol. The average molecular weight is 312 g/mol. The van der Waals surface area contributed by atoms with Crippen LogP contribution in [0.25, 0.3) is 12.2 Å². The number of carboxylic acids is 1. The van der Waals surface area contributed by atoms with Crippen molar-refractivity contribution >= 4 is 24.1 Å². The Kier molecular flexibility index (Phi) is 5.52. The number of carbonyl (C=O) groups excluding carboxylic acids is 1. The Hall–Kier alpha value is -3.08. The van der Waals surface area contributed by atoms with Crippen LogP contribution in [0.5, 0.6) is 5.75 Å². The molecule has 23 heavy (non-hydrogen) atoms. The normalized spacial score (nSPS) is 10.5. The third kappa shape index (κ3) is 5.32. The average Bonchev–Trinajstić information content (AvgIpc) is 2.54. The summed E-state index contributed by atoms with van der Waals surface area (Å²) >= 11 is 0. The van der Waals surface area contributed by atoms with Crippen LogP contribution in [0.15, 0.2) is 48.5 Å². The number of rotatable bonds is 6. The third-order valence-corrected chi connectivity index (χ3v) is 2.99. The smallest absolute Gasteiger partial charge is 0.335 e. The number of carboxylic acid groups (broad SMARTS) is 1. The first-order valence-corrected chi connectivity index (χ1v) is 6.92. The highest BCUT2D eigenvalue weighted by molar-refractivity contribution is 5.88. The van der Waals surface area contributed by atoms with E-state index in [1.54, 1.807) is 36.4 Å². The SMILES string of the molecule is CC(=O)OCOc1ccc(C=Cc2ccc(C(=O)O)cc2)cc1. The van der Waals surface area contributed by atoms with Crippen molar-refractivity contribution in [3.8, 4) is 5.75 Å². The number of carbonyl (C=O) groups is 2. The molecule has 5 nitrogen and oxygen atoms in total. The van der Waals surface area contributed by atoms with Gasteiger partial charge in [0, 0.05) is 6.92 Å². The van der Waals surface area contributed by atoms with Gasteiger partial charge in [0.05, 0.1) is 5.56 Å². The van der Waals surface area contributed by atoms with Gasteiger partial charge in [-0.15, -0.1) is 0 Å². The maximum absolute atomic E-state index is 10.8. The van der Waals surface area contributed by atoms with Gasteiger partial charge in [-0.2, -0.15) is 0 Å². The topological polar surface area (TPSA) is 72.8 Å². The fourth-order valence-electron chi connectivity index (χ4n) is 1.78. The van der Waals surface area contributed by atoms with Crippen molar-refractivity contribution in [3.63, 3.8) is 0 Å². The van der Waals surface area contributed by atoms with E-state index in [9.17, 15) is 9.59 Å². The maximum atomic E-state index is 10.8. The minimum absolute atomic E-state index is 0.111. The summed E-state index contributed by atoms with van der Waals surface area (Å²) in [5, 5.41) is 8.84. The van der Waals surface area contributed by atoms with E-state index in [1.807, 2.05) is 24.3 Å². The molecule has 0 atom stereocenters. The van der Waals surface area contributed by atoms with E-state index in [0.717, 1.165) is 11.1 Å². The summed E-state index contributed by atoms with van der Waals surface area (Å²) in [6.07, 6.45) is 3.80. The molecule has 2 rings (SSSR count). The Morgan fingerprint density at radius 2 is 1.48 bits per heavy atom. The molecule has 0 bridgehead atoms. The van der Waals surface area contributed by atoms with Crippen LogP contribution in [0, 0.1) is 0 Å². The minimum atomic E-state index is -0.940. The molecule has 0 aliphatic heterocycles. The van der Waals surface area contributed by atoms with Gasteiger partial charge in [-0.1, -0.05) is 36.4 Å². The number of esters is 1. The Morgan fingerprint density at radius 1 is 0.957 bits per heavy atom. The van der Waals surface area contributed by atoms with Gasteiger partial charge in [-0.05, 0) is 35.4 Å². The summed E-state index contributed by atoms with van der Waals surface area (Å²) in [7, 11) is 0. The monoisotopic (exact) mass is 312 g/mol. The van der Waals surface area contributed by atoms with Crippen molar-refractivity contribution in [2.24, 2.45) is 0 Å². The van der Waals surface area contributed by atoms with Crippen LogP contribution in [0.3, 0.4) is 0 Å². The van der Waals surface area contributed by atoms with E-state index in [4.69, 9.17) is 14.6 Å². The van der Waals surface area contributed by atoms with Crippen LogP contribution in [-0.4, -0.2) is 23.8 Å². The standard InChI is InChI=1S/C18H16O5/c1-13(19)22-12-23-17-10-6-15(7-11-17)3-2-14-4-8-16(9-5-14)18(20)21/h2-11H,12H2,1H3,(H,20,21). The van der Waals surface area contributed by atoms with E-state index in [0.29, 0.717) is 5.75 Å². The molecule has 0 unspecified atom stereocenters. The van der Waals surface area contributed by atoms with Gasteiger partial charge in [0.15, 0.2) is 0 Å². The summed E-state index contributed by atoms with van der Waals surface area (Å²) in [6, 6.07) is 13.9. The summed E-state index contributed by atoms with van der Waals surface area (Å²) in [5.74, 6) is -0.724. The number of hydrogen-bond donors (Lipinski definition) is 1. The molecule has 0 aliphatic rings. The Labute approximate surface area is 133 Å². The first kappa shape index (κ1) is 16.3. The van der Waals surface area contributed by atoms with E-state index in [1.165, 1.54) is 6.92 Å². The Bertz CT molecular complexity index is 699. The van der Waals surface area contributed by atoms with Crippen LogP contribution in [0.1, 0.15) is 28.4 Å². The molecule has 0 radical (unpaired) electrons. The second-order valence-corrected chi connectivity index (χ2v) is 4.73. The molecule has 0 aliphatic carbocycles. The van der Waals surface area contributed by atoms with Crippen LogP contribution < -0.4 is 4.74 Å². The molecule has 5 heteroatoms. The lowest BCUT2D eigenvalue weighted by atomic mass is 10.1. The van der Waals surface area contributed by atoms with Crippen LogP contribution in [0.2, 0.25) is 0 Å². The zero-order valence-electron chi connectivity index (χ0n) is 12.6. The second kappa shape index (κ2) is 7.79. The van der Waals surface area contributed by atoms with Crippen molar-refractivity contribution in [2.45, 2.75) is 6.92 Å². The summed E-state index contributed by atoms with van der Waals surface area (Å²) in [5.41, 5.74) is 2.13. The van der Waals surface area contributed by atoms with Crippen molar-refractivity contribution in [2.75, 3.05) is 6.79 Å². The number of benzene rings is 2. The lowest BCUT2D eigenvalue weighted by Crippen LogP contribution is -2.06. The van der Waals surface area contributed by atoms with Crippen molar-refractivity contribution in [1.82, 2.24) is 0 Å². The van der Waals surface area contributed by atoms with E-state index < -0.39 is 11.9 Å². The Morgan fingerprint density at radius 3 is 1.96 bits per heavy atom. The summed E-state index contributed by atoms with van der Waals surface area (Å²) in [4.78, 5) is 21.4. The van der Waals surface area contributed by atoms with Gasteiger partial charge in [0.2, 0.25) is 6.79 Å². The highest BCUT2D eigenvalue weighted by atomic mass is 16.7.